The molecule has 0 aliphatic heterocycles. The first kappa shape index (κ1) is 10.7. The number of hydrogen-bond acceptors (Lipinski definition) is 3. The van der Waals surface area contributed by atoms with Gasteiger partial charge in [0.1, 0.15) is 0 Å². The predicted octanol–water partition coefficient (Wildman–Crippen LogP) is 2.99. The van der Waals surface area contributed by atoms with Gasteiger partial charge in [0, 0.05) is 17.9 Å². The highest BCUT2D eigenvalue weighted by atomic mass is 35.5. The third-order valence-electron chi connectivity index (χ3n) is 2.14. The van der Waals surface area contributed by atoms with Gasteiger partial charge in [-0.05, 0) is 12.1 Å². The van der Waals surface area contributed by atoms with Crippen LogP contribution in [-0.2, 0) is 6.42 Å². The van der Waals surface area contributed by atoms with E-state index in [9.17, 15) is 0 Å². The third-order valence-corrected chi connectivity index (χ3v) is 2.33. The molecule has 0 atom stereocenters. The molecule has 4 heteroatoms. The van der Waals surface area contributed by atoms with Crippen LogP contribution in [-0.4, -0.2) is 10.9 Å². The van der Waals surface area contributed by atoms with E-state index in [0.717, 1.165) is 5.56 Å². The lowest BCUT2D eigenvalue weighted by molar-refractivity contribution is 0.515. The number of aromatic nitrogens is 1. The van der Waals surface area contributed by atoms with Crippen molar-refractivity contribution in [1.82, 2.24) is 4.98 Å². The highest BCUT2D eigenvalue weighted by molar-refractivity contribution is 6.17. The van der Waals surface area contributed by atoms with Crippen LogP contribution in [0.3, 0.4) is 0 Å². The highest BCUT2D eigenvalue weighted by Gasteiger charge is 2.06. The largest absolute Gasteiger partial charge is 0.441 e. The van der Waals surface area contributed by atoms with Crippen molar-refractivity contribution in [2.75, 3.05) is 5.88 Å². The number of nitriles is 1. The maximum Gasteiger partial charge on any atom is 0.196 e. The third kappa shape index (κ3) is 2.23. The van der Waals surface area contributed by atoms with Crippen LogP contribution < -0.4 is 0 Å². The van der Waals surface area contributed by atoms with Crippen molar-refractivity contribution in [2.24, 2.45) is 0 Å². The molecule has 0 amide bonds. The molecule has 0 bridgehead atoms. The van der Waals surface area contributed by atoms with Crippen molar-refractivity contribution < 1.29 is 4.42 Å². The van der Waals surface area contributed by atoms with Gasteiger partial charge in [0.2, 0.25) is 0 Å². The molecule has 1 aromatic carbocycles. The summed E-state index contributed by atoms with van der Waals surface area (Å²) in [4.78, 5) is 4.10. The Morgan fingerprint density at radius 2 is 2.31 bits per heavy atom. The van der Waals surface area contributed by atoms with E-state index >= 15 is 0 Å². The van der Waals surface area contributed by atoms with Crippen LogP contribution in [0.25, 0.3) is 11.3 Å². The summed E-state index contributed by atoms with van der Waals surface area (Å²) >= 11 is 5.60. The Hall–Kier alpha value is -1.79. The fraction of sp³-hybridized carbons (Fsp3) is 0.167. The lowest BCUT2D eigenvalue weighted by atomic mass is 10.1. The molecule has 80 valence electrons. The fourth-order valence-corrected chi connectivity index (χ4v) is 1.54. The van der Waals surface area contributed by atoms with E-state index in [-0.39, 0.29) is 0 Å². The molecule has 0 aliphatic rings. The Balaban J connectivity index is 2.32. The van der Waals surface area contributed by atoms with Crippen LogP contribution in [0.1, 0.15) is 11.5 Å². The Morgan fingerprint density at radius 3 is 3.06 bits per heavy atom. The van der Waals surface area contributed by atoms with E-state index in [1.54, 1.807) is 18.3 Å². The van der Waals surface area contributed by atoms with Crippen LogP contribution >= 0.6 is 11.6 Å². The normalized spacial score (nSPS) is 10.0. The summed E-state index contributed by atoms with van der Waals surface area (Å²) in [5.74, 6) is 1.77. The topological polar surface area (TPSA) is 49.8 Å². The van der Waals surface area contributed by atoms with Gasteiger partial charge in [0.25, 0.3) is 0 Å². The SMILES string of the molecule is N#Cc1cccc(-c2cnc(CCCl)o2)c1. The smallest absolute Gasteiger partial charge is 0.196 e. The molecule has 3 nitrogen and oxygen atoms in total. The van der Waals surface area contributed by atoms with Crippen molar-refractivity contribution in [3.8, 4) is 17.4 Å². The summed E-state index contributed by atoms with van der Waals surface area (Å²) in [6, 6.07) is 9.30. The maximum absolute atomic E-state index is 8.78. The number of halogens is 1. The molecular weight excluding hydrogens is 224 g/mol. The zero-order chi connectivity index (χ0) is 11.4. The van der Waals surface area contributed by atoms with E-state index in [1.165, 1.54) is 0 Å². The van der Waals surface area contributed by atoms with Crippen LogP contribution in [0, 0.1) is 11.3 Å². The molecule has 1 heterocycles. The van der Waals surface area contributed by atoms with Crippen LogP contribution in [0.15, 0.2) is 34.9 Å². The maximum atomic E-state index is 8.78. The van der Waals surface area contributed by atoms with Crippen LogP contribution in [0.5, 0.6) is 0 Å². The second kappa shape index (κ2) is 4.82. The average Bonchev–Trinajstić information content (AvgIpc) is 2.78. The summed E-state index contributed by atoms with van der Waals surface area (Å²) in [5.41, 5.74) is 1.46. The first-order valence-electron chi connectivity index (χ1n) is 4.84. The van der Waals surface area contributed by atoms with E-state index in [4.69, 9.17) is 21.3 Å². The number of rotatable bonds is 3. The van der Waals surface area contributed by atoms with Gasteiger partial charge in [-0.25, -0.2) is 4.98 Å². The molecule has 2 rings (SSSR count). The van der Waals surface area contributed by atoms with Crippen molar-refractivity contribution in [3.05, 3.63) is 41.9 Å². The molecule has 2 aromatic rings. The quantitative estimate of drug-likeness (QED) is 0.765. The minimum atomic E-state index is 0.484. The van der Waals surface area contributed by atoms with Gasteiger partial charge in [0.05, 0.1) is 17.8 Å². The lowest BCUT2D eigenvalue weighted by Gasteiger charge is -1.96. The van der Waals surface area contributed by atoms with Gasteiger partial charge >= 0.3 is 0 Å². The van der Waals surface area contributed by atoms with Gasteiger partial charge in [-0.15, -0.1) is 11.6 Å². The predicted molar refractivity (Wildman–Crippen MR) is 61.1 cm³/mol. The van der Waals surface area contributed by atoms with Gasteiger partial charge in [0.15, 0.2) is 11.7 Å². The number of oxazole rings is 1. The number of aryl methyl sites for hydroxylation is 1. The number of nitrogens with zero attached hydrogens (tertiary/aromatic N) is 2. The minimum absolute atomic E-state index is 0.484. The first-order valence-corrected chi connectivity index (χ1v) is 5.38. The molecule has 1 aromatic heterocycles. The summed E-state index contributed by atoms with van der Waals surface area (Å²) in [6.07, 6.45) is 2.26. The van der Waals surface area contributed by atoms with E-state index in [1.807, 2.05) is 12.1 Å². The number of hydrogen-bond donors (Lipinski definition) is 0. The molecule has 0 radical (unpaired) electrons. The standard InChI is InChI=1S/C12H9ClN2O/c13-5-4-12-15-8-11(16-12)10-3-1-2-9(6-10)7-14/h1-3,6,8H,4-5H2. The van der Waals surface area contributed by atoms with Gasteiger partial charge in [-0.3, -0.25) is 0 Å². The Labute approximate surface area is 98.3 Å². The fourth-order valence-electron chi connectivity index (χ4n) is 1.38. The molecule has 0 fully saturated rings. The zero-order valence-corrected chi connectivity index (χ0v) is 9.24. The van der Waals surface area contributed by atoms with E-state index < -0.39 is 0 Å². The van der Waals surface area contributed by atoms with Crippen LogP contribution in [0.4, 0.5) is 0 Å². The lowest BCUT2D eigenvalue weighted by Crippen LogP contribution is -1.83. The van der Waals surface area contributed by atoms with Crippen molar-refractivity contribution >= 4 is 11.6 Å². The zero-order valence-electron chi connectivity index (χ0n) is 8.48. The summed E-state index contributed by atoms with van der Waals surface area (Å²) in [5, 5.41) is 8.78. The second-order valence-electron chi connectivity index (χ2n) is 3.25. The second-order valence-corrected chi connectivity index (χ2v) is 3.63. The molecule has 0 saturated carbocycles. The molecule has 0 spiro atoms. The molecule has 0 unspecified atom stereocenters. The summed E-state index contributed by atoms with van der Waals surface area (Å²) in [7, 11) is 0. The molecule has 16 heavy (non-hydrogen) atoms. The molecule has 0 saturated heterocycles. The Kier molecular flexibility index (Phi) is 3.23. The summed E-state index contributed by atoms with van der Waals surface area (Å²) in [6.45, 7) is 0. The van der Waals surface area contributed by atoms with Gasteiger partial charge < -0.3 is 4.42 Å². The summed E-state index contributed by atoms with van der Waals surface area (Å²) < 4.78 is 5.50. The monoisotopic (exact) mass is 232 g/mol. The van der Waals surface area contributed by atoms with Gasteiger partial charge in [-0.1, -0.05) is 12.1 Å². The number of benzene rings is 1. The number of alkyl halides is 1. The van der Waals surface area contributed by atoms with E-state index in [2.05, 4.69) is 11.1 Å². The Bertz CT molecular complexity index is 528. The van der Waals surface area contributed by atoms with E-state index in [0.29, 0.717) is 29.5 Å². The molecule has 0 aliphatic carbocycles. The minimum Gasteiger partial charge on any atom is -0.441 e. The van der Waals surface area contributed by atoms with Crippen molar-refractivity contribution in [2.45, 2.75) is 6.42 Å². The first-order chi connectivity index (χ1) is 7.83. The molecule has 0 N–H and O–H groups in total. The van der Waals surface area contributed by atoms with Gasteiger partial charge in [-0.2, -0.15) is 5.26 Å². The highest BCUT2D eigenvalue weighted by Crippen LogP contribution is 2.21. The average molecular weight is 233 g/mol. The van der Waals surface area contributed by atoms with Crippen LogP contribution in [0.2, 0.25) is 0 Å². The van der Waals surface area contributed by atoms with Crippen molar-refractivity contribution in [3.63, 3.8) is 0 Å². The van der Waals surface area contributed by atoms with Crippen molar-refractivity contribution in [1.29, 1.82) is 5.26 Å². The Morgan fingerprint density at radius 1 is 1.44 bits per heavy atom. The molecular formula is C12H9ClN2O.